The Labute approximate surface area is 262 Å². The monoisotopic (exact) mass is 619 g/mol. The number of amides is 3. The van der Waals surface area contributed by atoms with Gasteiger partial charge in [0.05, 0.1) is 34.8 Å². The smallest absolute Gasteiger partial charge is 0.253 e. The van der Waals surface area contributed by atoms with E-state index < -0.39 is 29.1 Å². The first-order valence-corrected chi connectivity index (χ1v) is 15.7. The van der Waals surface area contributed by atoms with Crippen molar-refractivity contribution in [3.8, 4) is 5.75 Å². The van der Waals surface area contributed by atoms with E-state index in [0.717, 1.165) is 0 Å². The van der Waals surface area contributed by atoms with E-state index in [4.69, 9.17) is 21.1 Å². The Morgan fingerprint density at radius 1 is 0.909 bits per heavy atom. The van der Waals surface area contributed by atoms with Gasteiger partial charge in [-0.1, -0.05) is 48.0 Å². The second-order valence-electron chi connectivity index (χ2n) is 11.9. The van der Waals surface area contributed by atoms with Crippen molar-refractivity contribution in [2.24, 2.45) is 11.8 Å². The highest BCUT2D eigenvalue weighted by Gasteiger charge is 2.74. The summed E-state index contributed by atoms with van der Waals surface area (Å²) in [6.07, 6.45) is 9.35. The third-order valence-electron chi connectivity index (χ3n) is 9.22. The Bertz CT molecular complexity index is 1490. The van der Waals surface area contributed by atoms with Gasteiger partial charge in [-0.2, -0.15) is 0 Å². The van der Waals surface area contributed by atoms with Crippen LogP contribution in [0.4, 0.5) is 11.4 Å². The van der Waals surface area contributed by atoms with Crippen LogP contribution in [0, 0.1) is 11.8 Å². The van der Waals surface area contributed by atoms with E-state index in [1.807, 2.05) is 68.5 Å². The molecule has 0 bridgehead atoms. The van der Waals surface area contributed by atoms with Crippen LogP contribution in [0.25, 0.3) is 0 Å². The van der Waals surface area contributed by atoms with Crippen molar-refractivity contribution < 1.29 is 29.0 Å². The van der Waals surface area contributed by atoms with Crippen molar-refractivity contribution in [2.45, 2.75) is 50.4 Å². The van der Waals surface area contributed by atoms with Crippen LogP contribution in [0.1, 0.15) is 33.1 Å². The highest BCUT2D eigenvalue weighted by Crippen LogP contribution is 2.58. The van der Waals surface area contributed by atoms with Gasteiger partial charge in [0, 0.05) is 31.9 Å². The molecule has 1 N–H and O–H groups in total. The quantitative estimate of drug-likeness (QED) is 0.330. The summed E-state index contributed by atoms with van der Waals surface area (Å²) in [6, 6.07) is 13.5. The first-order chi connectivity index (χ1) is 21.3. The number of rotatable bonds is 9. The molecule has 6 rings (SSSR count). The van der Waals surface area contributed by atoms with Gasteiger partial charge in [-0.05, 0) is 69.5 Å². The molecule has 3 amide bonds. The van der Waals surface area contributed by atoms with Crippen molar-refractivity contribution >= 4 is 40.7 Å². The summed E-state index contributed by atoms with van der Waals surface area (Å²) in [7, 11) is 0. The van der Waals surface area contributed by atoms with Gasteiger partial charge in [0.2, 0.25) is 11.8 Å². The number of unbranched alkanes of at least 4 members (excludes halogenated alkanes) is 2. The number of nitrogens with zero attached hydrogens (tertiary/aromatic N) is 3. The molecule has 2 saturated heterocycles. The molecule has 4 aliphatic heterocycles. The lowest BCUT2D eigenvalue weighted by Gasteiger charge is -2.37. The third-order valence-corrected chi connectivity index (χ3v) is 9.54. The van der Waals surface area contributed by atoms with Crippen molar-refractivity contribution in [3.63, 3.8) is 0 Å². The van der Waals surface area contributed by atoms with E-state index >= 15 is 0 Å². The molecule has 0 aromatic heterocycles. The van der Waals surface area contributed by atoms with E-state index in [1.54, 1.807) is 32.9 Å². The van der Waals surface area contributed by atoms with Crippen molar-refractivity contribution in [2.75, 3.05) is 42.6 Å². The average molecular weight is 620 g/mol. The highest BCUT2D eigenvalue weighted by molar-refractivity contribution is 6.34. The fraction of sp³-hybridized carbons (Fsp3) is 0.441. The van der Waals surface area contributed by atoms with Crippen LogP contribution >= 0.6 is 11.6 Å². The van der Waals surface area contributed by atoms with Gasteiger partial charge in [0.1, 0.15) is 17.4 Å². The van der Waals surface area contributed by atoms with Gasteiger partial charge >= 0.3 is 0 Å². The van der Waals surface area contributed by atoms with Gasteiger partial charge in [0.25, 0.3) is 5.91 Å². The molecule has 2 fully saturated rings. The molecule has 5 atom stereocenters. The summed E-state index contributed by atoms with van der Waals surface area (Å²) >= 11 is 6.55. The zero-order valence-corrected chi connectivity index (χ0v) is 25.8. The number of para-hydroxylation sites is 1. The molecular weight excluding hydrogens is 582 g/mol. The van der Waals surface area contributed by atoms with E-state index in [0.29, 0.717) is 61.1 Å². The Balaban J connectivity index is 1.42. The topological polar surface area (TPSA) is 99.6 Å². The van der Waals surface area contributed by atoms with Crippen molar-refractivity contribution in [1.29, 1.82) is 0 Å². The summed E-state index contributed by atoms with van der Waals surface area (Å²) < 4.78 is 12.5. The molecule has 0 radical (unpaired) electrons. The van der Waals surface area contributed by atoms with Gasteiger partial charge < -0.3 is 29.3 Å². The summed E-state index contributed by atoms with van der Waals surface area (Å²) in [6.45, 7) is 5.20. The standard InChI is InChI=1S/C34H38ClN3O6/c1-3-43-24-15-13-23(14-16-24)36-20-9-17-33(2)27(30(36)40)28-31(41)38(19-7-4-8-22-39)29-32(42)37(21-10-18-34(28,29)44-33)26-12-6-5-11-25(26)35/h5-6,9-18,27-29,39H,3-4,7-8,19-22H2,1-2H3/t27-,28+,29?,33+,34+/m1/s1. The molecular formula is C34H38ClN3O6. The maximum Gasteiger partial charge on any atom is 0.253 e. The van der Waals surface area contributed by atoms with Crippen LogP contribution in [0.3, 0.4) is 0 Å². The maximum atomic E-state index is 14.6. The molecule has 0 aliphatic carbocycles. The first-order valence-electron chi connectivity index (χ1n) is 15.3. The van der Waals surface area contributed by atoms with Crippen LogP contribution in [-0.2, 0) is 19.1 Å². The lowest BCUT2D eigenvalue weighted by Crippen LogP contribution is -2.56. The van der Waals surface area contributed by atoms with Crippen LogP contribution in [0.15, 0.2) is 72.8 Å². The zero-order chi connectivity index (χ0) is 31.1. The predicted octanol–water partition coefficient (Wildman–Crippen LogP) is 4.38. The third kappa shape index (κ3) is 4.91. The van der Waals surface area contributed by atoms with Crippen molar-refractivity contribution in [1.82, 2.24) is 4.90 Å². The second kappa shape index (κ2) is 12.0. The normalized spacial score (nSPS) is 29.4. The van der Waals surface area contributed by atoms with Gasteiger partial charge in [0.15, 0.2) is 0 Å². The number of hydrogen-bond donors (Lipinski definition) is 1. The number of fused-ring (bicyclic) bond motifs is 2. The Morgan fingerprint density at radius 2 is 1.64 bits per heavy atom. The molecule has 1 unspecified atom stereocenters. The van der Waals surface area contributed by atoms with E-state index in [2.05, 4.69) is 0 Å². The fourth-order valence-electron chi connectivity index (χ4n) is 7.34. The average Bonchev–Trinajstić information content (AvgIpc) is 3.27. The number of benzene rings is 2. The van der Waals surface area contributed by atoms with E-state index in [9.17, 15) is 19.5 Å². The van der Waals surface area contributed by atoms with E-state index in [-0.39, 0.29) is 30.9 Å². The number of aliphatic hydroxyl groups excluding tert-OH is 1. The van der Waals surface area contributed by atoms with Crippen LogP contribution < -0.4 is 14.5 Å². The zero-order valence-electron chi connectivity index (χ0n) is 25.0. The van der Waals surface area contributed by atoms with Crippen LogP contribution in [-0.4, -0.2) is 77.8 Å². The maximum absolute atomic E-state index is 14.6. The fourth-order valence-corrected chi connectivity index (χ4v) is 7.58. The number of halogens is 1. The first kappa shape index (κ1) is 30.4. The molecule has 0 saturated carbocycles. The molecule has 4 aliphatic rings. The number of hydrogen-bond acceptors (Lipinski definition) is 6. The molecule has 44 heavy (non-hydrogen) atoms. The molecule has 2 aromatic carbocycles. The number of likely N-dealkylation sites (tertiary alicyclic amines) is 1. The molecule has 10 heteroatoms. The number of anilines is 2. The van der Waals surface area contributed by atoms with E-state index in [1.165, 1.54) is 0 Å². The number of ether oxygens (including phenoxy) is 2. The summed E-state index contributed by atoms with van der Waals surface area (Å²) in [5, 5.41) is 9.75. The second-order valence-corrected chi connectivity index (χ2v) is 12.3. The minimum Gasteiger partial charge on any atom is -0.494 e. The molecule has 9 nitrogen and oxygen atoms in total. The summed E-state index contributed by atoms with van der Waals surface area (Å²) in [5.74, 6) is -1.89. The Morgan fingerprint density at radius 3 is 2.36 bits per heavy atom. The minimum atomic E-state index is -1.36. The number of carbonyl (C=O) groups is 3. The molecule has 2 aromatic rings. The van der Waals surface area contributed by atoms with Crippen LogP contribution in [0.2, 0.25) is 5.02 Å². The highest BCUT2D eigenvalue weighted by atomic mass is 35.5. The lowest BCUT2D eigenvalue weighted by molar-refractivity contribution is -0.144. The van der Waals surface area contributed by atoms with Gasteiger partial charge in [-0.25, -0.2) is 0 Å². The summed E-state index contributed by atoms with van der Waals surface area (Å²) in [5.41, 5.74) is -1.24. The van der Waals surface area contributed by atoms with Gasteiger partial charge in [-0.3, -0.25) is 14.4 Å². The molecule has 4 heterocycles. The molecule has 1 spiro atoms. The van der Waals surface area contributed by atoms with Gasteiger partial charge in [-0.15, -0.1) is 0 Å². The predicted molar refractivity (Wildman–Crippen MR) is 168 cm³/mol. The summed E-state index contributed by atoms with van der Waals surface area (Å²) in [4.78, 5) is 48.6. The van der Waals surface area contributed by atoms with Crippen LogP contribution in [0.5, 0.6) is 5.75 Å². The number of aliphatic hydroxyl groups is 1. The molecule has 232 valence electrons. The lowest BCUT2D eigenvalue weighted by atomic mass is 9.74. The Hall–Kier alpha value is -3.66. The van der Waals surface area contributed by atoms with Crippen molar-refractivity contribution in [3.05, 3.63) is 77.9 Å². The number of carbonyl (C=O) groups excluding carboxylic acids is 3. The SMILES string of the molecule is CCOc1ccc(N2CC=C[C@]3(C)O[C@]45C=CCN(c6ccccc6Cl)C(=O)C4N(CCCCCO)C(=O)[C@@H]5[C@@H]3C2=O)cc1. The Kier molecular flexibility index (Phi) is 8.30. The minimum absolute atomic E-state index is 0.0532. The largest absolute Gasteiger partial charge is 0.494 e.